The SMILES string of the molecule is CCOC(=O)C1=C(CN2CCN(c3ccccc3)CC2)NC(=O)N[C@H]1c1ccccc1OC. The third-order valence-corrected chi connectivity index (χ3v) is 5.97. The summed E-state index contributed by atoms with van der Waals surface area (Å²) in [6, 6.07) is 16.7. The molecular weight excluding hydrogens is 420 g/mol. The fourth-order valence-electron chi connectivity index (χ4n) is 4.36. The number of ether oxygens (including phenoxy) is 2. The smallest absolute Gasteiger partial charge is 0.338 e. The molecule has 0 saturated carbocycles. The minimum atomic E-state index is -0.658. The molecule has 0 radical (unpaired) electrons. The summed E-state index contributed by atoms with van der Waals surface area (Å²) in [6.07, 6.45) is 0. The fourth-order valence-corrected chi connectivity index (χ4v) is 4.36. The molecule has 0 aliphatic carbocycles. The molecule has 0 unspecified atom stereocenters. The van der Waals surface area contributed by atoms with Crippen LogP contribution in [0.5, 0.6) is 5.75 Å². The molecule has 2 aliphatic heterocycles. The number of hydrogen-bond acceptors (Lipinski definition) is 6. The molecule has 8 heteroatoms. The first-order chi connectivity index (χ1) is 16.1. The fraction of sp³-hybridized carbons (Fsp3) is 0.360. The number of carbonyl (C=O) groups excluding carboxylic acids is 2. The lowest BCUT2D eigenvalue weighted by Gasteiger charge is -2.38. The summed E-state index contributed by atoms with van der Waals surface area (Å²) in [5.41, 5.74) is 2.90. The van der Waals surface area contributed by atoms with Crippen LogP contribution in [0.3, 0.4) is 0 Å². The number of nitrogens with one attached hydrogen (secondary N) is 2. The predicted octanol–water partition coefficient (Wildman–Crippen LogP) is 2.69. The van der Waals surface area contributed by atoms with Crippen molar-refractivity contribution in [3.8, 4) is 5.75 Å². The molecule has 2 aromatic rings. The van der Waals surface area contributed by atoms with Crippen molar-refractivity contribution in [2.75, 3.05) is 51.3 Å². The Morgan fingerprint density at radius 1 is 1.03 bits per heavy atom. The second-order valence-electron chi connectivity index (χ2n) is 7.98. The van der Waals surface area contributed by atoms with E-state index in [0.29, 0.717) is 29.1 Å². The van der Waals surface area contributed by atoms with E-state index in [-0.39, 0.29) is 12.6 Å². The van der Waals surface area contributed by atoms with Gasteiger partial charge in [0.25, 0.3) is 0 Å². The molecule has 1 fully saturated rings. The maximum atomic E-state index is 13.0. The Hall–Kier alpha value is -3.52. The monoisotopic (exact) mass is 450 g/mol. The molecule has 2 aliphatic rings. The molecule has 0 spiro atoms. The van der Waals surface area contributed by atoms with Gasteiger partial charge >= 0.3 is 12.0 Å². The number of para-hydroxylation sites is 2. The molecule has 0 aromatic heterocycles. The molecule has 2 amide bonds. The van der Waals surface area contributed by atoms with Crippen molar-refractivity contribution in [1.82, 2.24) is 15.5 Å². The summed E-state index contributed by atoms with van der Waals surface area (Å²) in [5.74, 6) is 0.154. The van der Waals surface area contributed by atoms with Crippen molar-refractivity contribution < 1.29 is 19.1 Å². The standard InChI is InChI=1S/C25H30N4O4/c1-3-33-24(30)22-20(17-28-13-15-29(16-14-28)18-9-5-4-6-10-18)26-25(31)27-23(22)19-11-7-8-12-21(19)32-2/h4-12,23H,3,13-17H2,1-2H3,(H2,26,27,31)/t23-/m0/s1. The van der Waals surface area contributed by atoms with Crippen molar-refractivity contribution in [2.45, 2.75) is 13.0 Å². The second-order valence-corrected chi connectivity index (χ2v) is 7.98. The van der Waals surface area contributed by atoms with E-state index in [9.17, 15) is 9.59 Å². The lowest BCUT2D eigenvalue weighted by Crippen LogP contribution is -2.51. The van der Waals surface area contributed by atoms with Gasteiger partial charge in [0.15, 0.2) is 0 Å². The third-order valence-electron chi connectivity index (χ3n) is 5.97. The minimum absolute atomic E-state index is 0.248. The van der Waals surface area contributed by atoms with Crippen LogP contribution >= 0.6 is 0 Å². The average Bonchev–Trinajstić information content (AvgIpc) is 2.84. The van der Waals surface area contributed by atoms with Gasteiger partial charge in [0.05, 0.1) is 25.3 Å². The summed E-state index contributed by atoms with van der Waals surface area (Å²) in [7, 11) is 1.57. The maximum Gasteiger partial charge on any atom is 0.338 e. The highest BCUT2D eigenvalue weighted by Crippen LogP contribution is 2.33. The molecule has 2 aromatic carbocycles. The number of esters is 1. The first kappa shape index (κ1) is 22.7. The quantitative estimate of drug-likeness (QED) is 0.631. The number of hydrogen-bond donors (Lipinski definition) is 2. The van der Waals surface area contributed by atoms with Crippen LogP contribution < -0.4 is 20.3 Å². The second kappa shape index (κ2) is 10.4. The zero-order chi connectivity index (χ0) is 23.2. The molecule has 1 saturated heterocycles. The summed E-state index contributed by atoms with van der Waals surface area (Å²) < 4.78 is 10.9. The van der Waals surface area contributed by atoms with Crippen LogP contribution in [0.2, 0.25) is 0 Å². The molecular formula is C25H30N4O4. The number of methoxy groups -OCH3 is 1. The third kappa shape index (κ3) is 5.12. The Bertz CT molecular complexity index is 1020. The van der Waals surface area contributed by atoms with E-state index in [2.05, 4.69) is 32.6 Å². The molecule has 2 heterocycles. The van der Waals surface area contributed by atoms with E-state index in [1.54, 1.807) is 14.0 Å². The number of benzene rings is 2. The lowest BCUT2D eigenvalue weighted by molar-refractivity contribution is -0.139. The van der Waals surface area contributed by atoms with Crippen molar-refractivity contribution in [3.63, 3.8) is 0 Å². The number of rotatable bonds is 7. The van der Waals surface area contributed by atoms with Gasteiger partial charge in [0.2, 0.25) is 0 Å². The van der Waals surface area contributed by atoms with Gasteiger partial charge < -0.3 is 25.0 Å². The highest BCUT2D eigenvalue weighted by atomic mass is 16.5. The Kier molecular flexibility index (Phi) is 7.14. The Morgan fingerprint density at radius 3 is 2.42 bits per heavy atom. The Morgan fingerprint density at radius 2 is 1.73 bits per heavy atom. The normalized spacial score (nSPS) is 19.0. The van der Waals surface area contributed by atoms with Crippen molar-refractivity contribution in [3.05, 3.63) is 71.4 Å². The van der Waals surface area contributed by atoms with Crippen LogP contribution in [-0.2, 0) is 9.53 Å². The number of amides is 2. The topological polar surface area (TPSA) is 83.1 Å². The zero-order valence-electron chi connectivity index (χ0n) is 19.0. The highest BCUT2D eigenvalue weighted by Gasteiger charge is 2.36. The van der Waals surface area contributed by atoms with E-state index in [0.717, 1.165) is 26.2 Å². The predicted molar refractivity (Wildman–Crippen MR) is 126 cm³/mol. The van der Waals surface area contributed by atoms with Crippen molar-refractivity contribution >= 4 is 17.7 Å². The van der Waals surface area contributed by atoms with Gasteiger partial charge in [0, 0.05) is 49.7 Å². The summed E-state index contributed by atoms with van der Waals surface area (Å²) >= 11 is 0. The maximum absolute atomic E-state index is 13.0. The highest BCUT2D eigenvalue weighted by molar-refractivity contribution is 5.95. The van der Waals surface area contributed by atoms with E-state index in [1.807, 2.05) is 42.5 Å². The van der Waals surface area contributed by atoms with Crippen LogP contribution in [-0.4, -0.2) is 63.3 Å². The number of piperazine rings is 1. The minimum Gasteiger partial charge on any atom is -0.496 e. The Labute approximate surface area is 194 Å². The van der Waals surface area contributed by atoms with Gasteiger partial charge in [-0.25, -0.2) is 9.59 Å². The van der Waals surface area contributed by atoms with Crippen LogP contribution in [0.1, 0.15) is 18.5 Å². The van der Waals surface area contributed by atoms with Crippen LogP contribution in [0.25, 0.3) is 0 Å². The van der Waals surface area contributed by atoms with Gasteiger partial charge in [-0.1, -0.05) is 36.4 Å². The first-order valence-electron chi connectivity index (χ1n) is 11.2. The molecule has 1 atom stereocenters. The lowest BCUT2D eigenvalue weighted by atomic mass is 9.94. The number of anilines is 1. The molecule has 2 N–H and O–H groups in total. The van der Waals surface area contributed by atoms with Gasteiger partial charge in [-0.15, -0.1) is 0 Å². The van der Waals surface area contributed by atoms with E-state index >= 15 is 0 Å². The van der Waals surface area contributed by atoms with E-state index in [1.165, 1.54) is 5.69 Å². The van der Waals surface area contributed by atoms with E-state index < -0.39 is 12.0 Å². The molecule has 33 heavy (non-hydrogen) atoms. The van der Waals surface area contributed by atoms with Gasteiger partial charge in [-0.2, -0.15) is 0 Å². The average molecular weight is 451 g/mol. The van der Waals surface area contributed by atoms with Gasteiger partial charge in [-0.3, -0.25) is 4.90 Å². The summed E-state index contributed by atoms with van der Waals surface area (Å²) in [4.78, 5) is 30.2. The van der Waals surface area contributed by atoms with Crippen LogP contribution in [0, 0.1) is 0 Å². The van der Waals surface area contributed by atoms with Gasteiger partial charge in [-0.05, 0) is 25.1 Å². The number of carbonyl (C=O) groups is 2. The largest absolute Gasteiger partial charge is 0.496 e. The van der Waals surface area contributed by atoms with Gasteiger partial charge in [0.1, 0.15) is 5.75 Å². The number of nitrogens with zero attached hydrogens (tertiary/aromatic N) is 2. The first-order valence-corrected chi connectivity index (χ1v) is 11.2. The van der Waals surface area contributed by atoms with Crippen molar-refractivity contribution in [1.29, 1.82) is 0 Å². The van der Waals surface area contributed by atoms with Crippen LogP contribution in [0.15, 0.2) is 65.9 Å². The zero-order valence-corrected chi connectivity index (χ0v) is 19.0. The van der Waals surface area contributed by atoms with E-state index in [4.69, 9.17) is 9.47 Å². The summed E-state index contributed by atoms with van der Waals surface area (Å²) in [6.45, 7) is 5.85. The molecule has 8 nitrogen and oxygen atoms in total. The van der Waals surface area contributed by atoms with Crippen LogP contribution in [0.4, 0.5) is 10.5 Å². The van der Waals surface area contributed by atoms with Crippen molar-refractivity contribution in [2.24, 2.45) is 0 Å². The molecule has 174 valence electrons. The summed E-state index contributed by atoms with van der Waals surface area (Å²) in [5, 5.41) is 5.74. The number of urea groups is 1. The Balaban J connectivity index is 1.59. The molecule has 4 rings (SSSR count). The molecule has 0 bridgehead atoms.